The minimum Gasteiger partial charge on any atom is -0.325 e. The first-order valence-corrected chi connectivity index (χ1v) is 10.0. The number of hydrogen-bond donors (Lipinski definition) is 0. The molecule has 2 aromatic rings. The van der Waals surface area contributed by atoms with Crippen LogP contribution in [0.4, 0.5) is 0 Å². The second-order valence-electron chi connectivity index (χ2n) is 6.51. The largest absolute Gasteiger partial charge is 0.442 e. The van der Waals surface area contributed by atoms with Crippen LogP contribution in [0.2, 0.25) is 0 Å². The minimum absolute atomic E-state index is 0.708. The van der Waals surface area contributed by atoms with Crippen LogP contribution < -0.4 is 0 Å². The van der Waals surface area contributed by atoms with Gasteiger partial charge < -0.3 is 13.3 Å². The molecule has 6 heteroatoms. The monoisotopic (exact) mass is 381 g/mol. The van der Waals surface area contributed by atoms with Crippen LogP contribution in [0.3, 0.4) is 0 Å². The number of carbonyl (C=O) groups excluding carboxylic acids is 2. The molecular weight excluding hydrogens is 362 g/mol. The van der Waals surface area contributed by atoms with Gasteiger partial charge in [-0.2, -0.15) is 0 Å². The fourth-order valence-electron chi connectivity index (χ4n) is 3.22. The summed E-state index contributed by atoms with van der Waals surface area (Å²) in [7, 11) is 1.30. The molecule has 0 unspecified atom stereocenters. The van der Waals surface area contributed by atoms with Gasteiger partial charge in [-0.25, -0.2) is 9.59 Å². The molecular formula is C21H19NO4S. The summed E-state index contributed by atoms with van der Waals surface area (Å²) in [6, 6.07) is 17.5. The highest BCUT2D eigenvalue weighted by Crippen LogP contribution is 2.74. The molecule has 0 saturated carbocycles. The van der Waals surface area contributed by atoms with Crippen LogP contribution in [0.1, 0.15) is 11.1 Å². The van der Waals surface area contributed by atoms with Gasteiger partial charge in [0.15, 0.2) is 0 Å². The van der Waals surface area contributed by atoms with Gasteiger partial charge in [-0.05, 0) is 31.8 Å². The lowest BCUT2D eigenvalue weighted by Crippen LogP contribution is -2.10. The summed E-state index contributed by atoms with van der Waals surface area (Å²) < 4.78 is 11.2. The molecule has 27 heavy (non-hydrogen) atoms. The van der Waals surface area contributed by atoms with Crippen molar-refractivity contribution in [3.63, 3.8) is 0 Å². The molecule has 0 bridgehead atoms. The maximum absolute atomic E-state index is 12.0. The van der Waals surface area contributed by atoms with E-state index in [9.17, 15) is 9.59 Å². The van der Waals surface area contributed by atoms with Crippen molar-refractivity contribution in [1.82, 2.24) is 4.90 Å². The Morgan fingerprint density at radius 2 is 1.56 bits per heavy atom. The highest BCUT2D eigenvalue weighted by molar-refractivity contribution is 8.30. The molecule has 138 valence electrons. The van der Waals surface area contributed by atoms with Gasteiger partial charge in [-0.1, -0.05) is 65.2 Å². The maximum Gasteiger partial charge on any atom is 0.442 e. The van der Waals surface area contributed by atoms with Gasteiger partial charge in [-0.3, -0.25) is 0 Å². The highest BCUT2D eigenvalue weighted by atomic mass is 32.3. The van der Waals surface area contributed by atoms with E-state index in [-0.39, 0.29) is 0 Å². The van der Waals surface area contributed by atoms with Gasteiger partial charge in [0, 0.05) is 17.7 Å². The average Bonchev–Trinajstić information content (AvgIpc) is 3.10. The first kappa shape index (κ1) is 17.6. The van der Waals surface area contributed by atoms with E-state index in [2.05, 4.69) is 0 Å². The van der Waals surface area contributed by atoms with Gasteiger partial charge in [0.2, 0.25) is 0 Å². The van der Waals surface area contributed by atoms with E-state index in [0.717, 1.165) is 26.5 Å². The fraction of sp³-hybridized carbons (Fsp3) is 0.143. The molecule has 0 radical (unpaired) electrons. The number of hydrogen-bond acceptors (Lipinski definition) is 5. The standard InChI is InChI=1S/C21H19NO4S/c1-22(2)14-8-13-18-19(15-9-4-3-5-10-15)16-11-6-7-12-17(16)27(18)25-20(23)21(24)26-27/h3-13H,14H2,1-2H3/b13-8+. The van der Waals surface area contributed by atoms with Gasteiger partial charge in [0.1, 0.15) is 0 Å². The molecule has 2 aromatic carbocycles. The van der Waals surface area contributed by atoms with Gasteiger partial charge in [0.05, 0.1) is 9.80 Å². The van der Waals surface area contributed by atoms with Crippen LogP contribution in [0.25, 0.3) is 5.57 Å². The van der Waals surface area contributed by atoms with Crippen molar-refractivity contribution in [2.24, 2.45) is 0 Å². The maximum atomic E-state index is 12.0. The molecule has 2 aliphatic rings. The van der Waals surface area contributed by atoms with Crippen LogP contribution in [0.5, 0.6) is 0 Å². The van der Waals surface area contributed by atoms with E-state index in [1.54, 1.807) is 0 Å². The number of fused-ring (bicyclic) bond motifs is 2. The SMILES string of the molecule is CN(C)C/C=C/C1=C(c2ccccc2)c2ccccc2S12OC(=O)C(=O)O2. The zero-order chi connectivity index (χ0) is 19.0. The summed E-state index contributed by atoms with van der Waals surface area (Å²) in [6.45, 7) is 0.708. The van der Waals surface area contributed by atoms with Crippen LogP contribution in [-0.2, 0) is 18.0 Å². The Morgan fingerprint density at radius 1 is 0.926 bits per heavy atom. The van der Waals surface area contributed by atoms with E-state index in [0.29, 0.717) is 6.54 Å². The molecule has 0 aromatic heterocycles. The summed E-state index contributed by atoms with van der Waals surface area (Å²) >= 11 is 0. The third-order valence-corrected chi connectivity index (χ3v) is 6.96. The smallest absolute Gasteiger partial charge is 0.325 e. The summed E-state index contributed by atoms with van der Waals surface area (Å²) in [6.07, 6.45) is 3.91. The number of rotatable bonds is 4. The highest BCUT2D eigenvalue weighted by Gasteiger charge is 2.51. The lowest BCUT2D eigenvalue weighted by atomic mass is 9.97. The molecule has 2 aliphatic heterocycles. The second kappa shape index (κ2) is 6.72. The summed E-state index contributed by atoms with van der Waals surface area (Å²) in [5.41, 5.74) is 2.84. The van der Waals surface area contributed by atoms with E-state index in [1.165, 1.54) is 0 Å². The topological polar surface area (TPSA) is 55.8 Å². The van der Waals surface area contributed by atoms with Gasteiger partial charge in [-0.15, -0.1) is 0 Å². The van der Waals surface area contributed by atoms with Crippen molar-refractivity contribution >= 4 is 28.1 Å². The first-order chi connectivity index (χ1) is 13.0. The lowest BCUT2D eigenvalue weighted by molar-refractivity contribution is -0.150. The molecule has 0 N–H and O–H groups in total. The van der Waals surface area contributed by atoms with E-state index >= 15 is 0 Å². The van der Waals surface area contributed by atoms with Crippen LogP contribution in [0.15, 0.2) is 76.5 Å². The predicted molar refractivity (Wildman–Crippen MR) is 105 cm³/mol. The molecule has 1 spiro atoms. The number of benzene rings is 2. The summed E-state index contributed by atoms with van der Waals surface area (Å²) in [5.74, 6) is -1.87. The zero-order valence-electron chi connectivity index (χ0n) is 15.0. The number of carbonyl (C=O) groups is 2. The van der Waals surface area contributed by atoms with Crippen LogP contribution in [0, 0.1) is 0 Å². The average molecular weight is 381 g/mol. The third-order valence-electron chi connectivity index (χ3n) is 4.34. The Kier molecular flexibility index (Phi) is 4.37. The van der Waals surface area contributed by atoms with Crippen molar-refractivity contribution < 1.29 is 18.0 Å². The molecule has 1 saturated heterocycles. The molecule has 1 fully saturated rings. The Hall–Kier alpha value is -2.83. The van der Waals surface area contributed by atoms with Crippen molar-refractivity contribution in [3.8, 4) is 0 Å². The van der Waals surface area contributed by atoms with Crippen molar-refractivity contribution in [3.05, 3.63) is 82.8 Å². The normalized spacial score (nSPS) is 18.9. The zero-order valence-corrected chi connectivity index (χ0v) is 15.9. The minimum atomic E-state index is -2.64. The van der Waals surface area contributed by atoms with Crippen molar-refractivity contribution in [1.29, 1.82) is 0 Å². The Bertz CT molecular complexity index is 963. The summed E-state index contributed by atoms with van der Waals surface area (Å²) in [4.78, 5) is 27.5. The van der Waals surface area contributed by atoms with E-state index in [1.807, 2.05) is 85.7 Å². The van der Waals surface area contributed by atoms with Gasteiger partial charge in [0.25, 0.3) is 0 Å². The molecule has 0 atom stereocenters. The number of nitrogens with zero attached hydrogens (tertiary/aromatic N) is 1. The molecule has 2 heterocycles. The van der Waals surface area contributed by atoms with Crippen molar-refractivity contribution in [2.45, 2.75) is 4.90 Å². The number of allylic oxidation sites excluding steroid dienone is 1. The Balaban J connectivity index is 1.97. The van der Waals surface area contributed by atoms with E-state index in [4.69, 9.17) is 8.37 Å². The van der Waals surface area contributed by atoms with Gasteiger partial charge >= 0.3 is 11.9 Å². The molecule has 0 amide bonds. The fourth-order valence-corrected chi connectivity index (χ4v) is 5.90. The molecule has 4 rings (SSSR count). The molecule has 0 aliphatic carbocycles. The van der Waals surface area contributed by atoms with E-state index < -0.39 is 22.5 Å². The lowest BCUT2D eigenvalue weighted by Gasteiger charge is -2.33. The Morgan fingerprint density at radius 3 is 2.22 bits per heavy atom. The van der Waals surface area contributed by atoms with Crippen LogP contribution >= 0.6 is 10.6 Å². The third kappa shape index (κ3) is 2.87. The quantitative estimate of drug-likeness (QED) is 0.757. The van der Waals surface area contributed by atoms with Crippen LogP contribution in [-0.4, -0.2) is 37.5 Å². The molecule has 5 nitrogen and oxygen atoms in total. The summed E-state index contributed by atoms with van der Waals surface area (Å²) in [5, 5.41) is 0. The number of likely N-dealkylation sites (N-methyl/N-ethyl adjacent to an activating group) is 1. The van der Waals surface area contributed by atoms with Crippen molar-refractivity contribution in [2.75, 3.05) is 20.6 Å². The first-order valence-electron chi connectivity index (χ1n) is 8.54. The predicted octanol–water partition coefficient (Wildman–Crippen LogP) is 3.67. The Labute approximate surface area is 159 Å². The second-order valence-corrected chi connectivity index (χ2v) is 8.73.